The topological polar surface area (TPSA) is 32.3 Å². The maximum absolute atomic E-state index is 12.9. The van der Waals surface area contributed by atoms with Gasteiger partial charge in [-0.2, -0.15) is 0 Å². The van der Waals surface area contributed by atoms with Crippen LogP contribution in [0.1, 0.15) is 30.9 Å². The fourth-order valence-corrected chi connectivity index (χ4v) is 4.12. The second-order valence-corrected chi connectivity index (χ2v) is 7.21. The zero-order valence-corrected chi connectivity index (χ0v) is 16.1. The van der Waals surface area contributed by atoms with Crippen LogP contribution in [-0.2, 0) is 4.79 Å². The normalized spacial score (nSPS) is 20.0. The Kier molecular flexibility index (Phi) is 5.28. The molecule has 2 atom stereocenters. The Morgan fingerprint density at radius 3 is 2.50 bits per heavy atom. The molecule has 0 radical (unpaired) electrons. The van der Waals surface area contributed by atoms with Crippen LogP contribution >= 0.6 is 27.5 Å². The lowest BCUT2D eigenvalue weighted by atomic mass is 9.80. The van der Waals surface area contributed by atoms with Crippen LogP contribution < -0.4 is 5.32 Å². The van der Waals surface area contributed by atoms with Gasteiger partial charge < -0.3 is 5.32 Å². The lowest BCUT2D eigenvalue weighted by molar-refractivity contribution is -0.122. The number of halogens is 2. The molecule has 0 spiro atoms. The van der Waals surface area contributed by atoms with Gasteiger partial charge in [-0.25, -0.2) is 0 Å². The quantitative estimate of drug-likeness (QED) is 0.782. The smallest absolute Gasteiger partial charge is 0.242 e. The highest BCUT2D eigenvalue weighted by molar-refractivity contribution is 9.10. The summed E-state index contributed by atoms with van der Waals surface area (Å²) >= 11 is 10.1. The lowest BCUT2D eigenvalue weighted by Crippen LogP contribution is -2.50. The van der Waals surface area contributed by atoms with Gasteiger partial charge in [-0.05, 0) is 48.5 Å². The molecule has 1 aliphatic rings. The average molecular weight is 408 g/mol. The summed E-state index contributed by atoms with van der Waals surface area (Å²) < 4.78 is 0.993. The van der Waals surface area contributed by atoms with E-state index in [9.17, 15) is 4.79 Å². The monoisotopic (exact) mass is 406 g/mol. The van der Waals surface area contributed by atoms with Crippen LogP contribution in [0.5, 0.6) is 0 Å². The number of hydrogen-bond donors (Lipinski definition) is 1. The van der Waals surface area contributed by atoms with Crippen molar-refractivity contribution in [2.24, 2.45) is 0 Å². The van der Waals surface area contributed by atoms with Gasteiger partial charge in [0, 0.05) is 21.1 Å². The number of anilines is 1. The Labute approximate surface area is 156 Å². The Balaban J connectivity index is 2.22. The fraction of sp³-hybridized carbons (Fsp3) is 0.316. The van der Waals surface area contributed by atoms with Crippen molar-refractivity contribution >= 4 is 39.1 Å². The maximum Gasteiger partial charge on any atom is 0.242 e. The molecule has 0 fully saturated rings. The Morgan fingerprint density at radius 2 is 1.83 bits per heavy atom. The van der Waals surface area contributed by atoms with Gasteiger partial charge in [0.25, 0.3) is 0 Å². The Morgan fingerprint density at radius 1 is 1.12 bits per heavy atom. The van der Waals surface area contributed by atoms with Gasteiger partial charge in [0.2, 0.25) is 5.91 Å². The van der Waals surface area contributed by atoms with Gasteiger partial charge in [-0.3, -0.25) is 9.69 Å². The van der Waals surface area contributed by atoms with Crippen molar-refractivity contribution < 1.29 is 4.79 Å². The molecule has 0 aliphatic carbocycles. The molecule has 5 heteroatoms. The van der Waals surface area contributed by atoms with Gasteiger partial charge >= 0.3 is 0 Å². The summed E-state index contributed by atoms with van der Waals surface area (Å²) in [5.41, 5.74) is 2.94. The lowest BCUT2D eigenvalue weighted by Gasteiger charge is -2.39. The first-order chi connectivity index (χ1) is 11.6. The van der Waals surface area contributed by atoms with Gasteiger partial charge in [0.15, 0.2) is 0 Å². The first-order valence-corrected chi connectivity index (χ1v) is 9.32. The average Bonchev–Trinajstić information content (AvgIpc) is 2.57. The highest BCUT2D eigenvalue weighted by Crippen LogP contribution is 2.42. The van der Waals surface area contributed by atoms with Crippen LogP contribution in [0.25, 0.3) is 0 Å². The molecule has 1 N–H and O–H groups in total. The molecule has 126 valence electrons. The third-order valence-corrected chi connectivity index (χ3v) is 5.47. The molecule has 0 aromatic heterocycles. The third kappa shape index (κ3) is 3.10. The fourth-order valence-electron chi connectivity index (χ4n) is 3.49. The van der Waals surface area contributed by atoms with Crippen LogP contribution in [-0.4, -0.2) is 29.9 Å². The van der Waals surface area contributed by atoms with E-state index in [0.29, 0.717) is 5.02 Å². The molecule has 24 heavy (non-hydrogen) atoms. The molecular weight excluding hydrogens is 388 g/mol. The molecule has 1 amide bonds. The molecule has 2 aromatic rings. The number of carbonyl (C=O) groups is 1. The van der Waals surface area contributed by atoms with Crippen LogP contribution in [0.4, 0.5) is 5.69 Å². The number of carbonyl (C=O) groups excluding carboxylic acids is 1. The second kappa shape index (κ2) is 7.26. The van der Waals surface area contributed by atoms with Crippen LogP contribution in [0, 0.1) is 0 Å². The zero-order chi connectivity index (χ0) is 17.3. The molecule has 0 saturated carbocycles. The standard InChI is InChI=1S/C19H20BrClN2O/c1-3-23(4-2)18-17(13-7-5-6-8-15(13)21)14-11-12(20)9-10-16(14)22-19(18)24/h5-11,17-18H,3-4H2,1-2H3,(H,22,24)/t17-,18-/m1/s1. The van der Waals surface area contributed by atoms with E-state index in [0.717, 1.165) is 34.4 Å². The molecule has 1 heterocycles. The number of nitrogens with zero attached hydrogens (tertiary/aromatic N) is 1. The minimum absolute atomic E-state index is 0.0263. The molecule has 0 saturated heterocycles. The number of nitrogens with one attached hydrogen (secondary N) is 1. The summed E-state index contributed by atoms with van der Waals surface area (Å²) in [5, 5.41) is 3.76. The summed E-state index contributed by atoms with van der Waals surface area (Å²) in [6.45, 7) is 5.77. The maximum atomic E-state index is 12.9. The first kappa shape index (κ1) is 17.5. The van der Waals surface area contributed by atoms with Gasteiger partial charge in [-0.1, -0.05) is 59.6 Å². The molecule has 2 aromatic carbocycles. The van der Waals surface area contributed by atoms with Crippen molar-refractivity contribution in [2.45, 2.75) is 25.8 Å². The second-order valence-electron chi connectivity index (χ2n) is 5.89. The summed E-state index contributed by atoms with van der Waals surface area (Å²) in [5.74, 6) is -0.0710. The molecule has 3 nitrogen and oxygen atoms in total. The van der Waals surface area contributed by atoms with E-state index in [4.69, 9.17) is 11.6 Å². The van der Waals surface area contributed by atoms with Gasteiger partial charge in [-0.15, -0.1) is 0 Å². The molecule has 0 bridgehead atoms. The van der Waals surface area contributed by atoms with E-state index in [1.54, 1.807) is 0 Å². The summed E-state index contributed by atoms with van der Waals surface area (Å²) in [6.07, 6.45) is 0. The van der Waals surface area contributed by atoms with Crippen molar-refractivity contribution in [1.29, 1.82) is 0 Å². The molecule has 0 unspecified atom stereocenters. The van der Waals surface area contributed by atoms with Crippen LogP contribution in [0.2, 0.25) is 5.02 Å². The zero-order valence-electron chi connectivity index (χ0n) is 13.7. The van der Waals surface area contributed by atoms with Crippen molar-refractivity contribution in [1.82, 2.24) is 4.90 Å². The molecular formula is C19H20BrClN2O. The molecule has 1 aliphatic heterocycles. The van der Waals surface area contributed by atoms with Crippen LogP contribution in [0.3, 0.4) is 0 Å². The third-order valence-electron chi connectivity index (χ3n) is 4.64. The highest BCUT2D eigenvalue weighted by atomic mass is 79.9. The number of likely N-dealkylation sites (N-methyl/N-ethyl adjacent to an activating group) is 1. The van der Waals surface area contributed by atoms with E-state index in [1.807, 2.05) is 36.4 Å². The van der Waals surface area contributed by atoms with Crippen molar-refractivity contribution in [2.75, 3.05) is 18.4 Å². The SMILES string of the molecule is CCN(CC)[C@H]1C(=O)Nc2ccc(Br)cc2[C@H]1c1ccccc1Cl. The minimum Gasteiger partial charge on any atom is -0.324 e. The Hall–Kier alpha value is -1.36. The van der Waals surface area contributed by atoms with Crippen molar-refractivity contribution in [3.05, 3.63) is 63.1 Å². The van der Waals surface area contributed by atoms with Crippen molar-refractivity contribution in [3.8, 4) is 0 Å². The number of rotatable bonds is 4. The van der Waals surface area contributed by atoms with E-state index in [2.05, 4.69) is 46.1 Å². The summed E-state index contributed by atoms with van der Waals surface area (Å²) in [7, 11) is 0. The summed E-state index contributed by atoms with van der Waals surface area (Å²) in [4.78, 5) is 15.1. The van der Waals surface area contributed by atoms with Gasteiger partial charge in [0.1, 0.15) is 6.04 Å². The first-order valence-electron chi connectivity index (χ1n) is 8.15. The van der Waals surface area contributed by atoms with E-state index in [-0.39, 0.29) is 17.9 Å². The highest BCUT2D eigenvalue weighted by Gasteiger charge is 2.40. The number of hydrogen-bond acceptors (Lipinski definition) is 2. The predicted octanol–water partition coefficient (Wildman–Crippen LogP) is 4.90. The minimum atomic E-state index is -0.276. The van der Waals surface area contributed by atoms with E-state index >= 15 is 0 Å². The summed E-state index contributed by atoms with van der Waals surface area (Å²) in [6, 6.07) is 13.5. The van der Waals surface area contributed by atoms with Crippen molar-refractivity contribution in [3.63, 3.8) is 0 Å². The molecule has 3 rings (SSSR count). The van der Waals surface area contributed by atoms with Gasteiger partial charge in [0.05, 0.1) is 0 Å². The van der Waals surface area contributed by atoms with E-state index < -0.39 is 0 Å². The van der Waals surface area contributed by atoms with Crippen LogP contribution in [0.15, 0.2) is 46.9 Å². The number of benzene rings is 2. The number of amides is 1. The largest absolute Gasteiger partial charge is 0.324 e. The Bertz CT molecular complexity index is 761. The number of fused-ring (bicyclic) bond motifs is 1. The predicted molar refractivity (Wildman–Crippen MR) is 103 cm³/mol. The van der Waals surface area contributed by atoms with E-state index in [1.165, 1.54) is 0 Å².